The number of thiophene rings is 1. The van der Waals surface area contributed by atoms with E-state index in [-0.39, 0.29) is 17.9 Å². The molecule has 5 nitrogen and oxygen atoms in total. The molecule has 20 heavy (non-hydrogen) atoms. The maximum absolute atomic E-state index is 12.0. The molecule has 0 fully saturated rings. The molecule has 6 heteroatoms. The molecule has 0 saturated carbocycles. The minimum Gasteiger partial charge on any atom is -0.373 e. The van der Waals surface area contributed by atoms with E-state index in [4.69, 9.17) is 0 Å². The molecule has 0 unspecified atom stereocenters. The highest BCUT2D eigenvalue weighted by molar-refractivity contribution is 7.12. The van der Waals surface area contributed by atoms with Gasteiger partial charge in [0.15, 0.2) is 5.78 Å². The molecule has 0 aliphatic rings. The standard InChI is InChI=1S/C14H17N3O2S/c1-3-6-16(2)11-8-14(19)17(15-9-11)10-12(18)13-5-4-7-20-13/h4-5,7-9H,3,6,10H2,1-2H3. The second kappa shape index (κ2) is 6.47. The zero-order valence-electron chi connectivity index (χ0n) is 11.6. The van der Waals surface area contributed by atoms with Crippen LogP contribution in [0, 0.1) is 0 Å². The van der Waals surface area contributed by atoms with Crippen LogP contribution >= 0.6 is 11.3 Å². The van der Waals surface area contributed by atoms with Crippen molar-refractivity contribution in [3.63, 3.8) is 0 Å². The molecule has 2 aromatic rings. The van der Waals surface area contributed by atoms with Gasteiger partial charge in [-0.2, -0.15) is 5.10 Å². The second-order valence-corrected chi connectivity index (χ2v) is 5.48. The molecule has 2 rings (SSSR count). The van der Waals surface area contributed by atoms with Crippen LogP contribution in [0.4, 0.5) is 5.69 Å². The van der Waals surface area contributed by atoms with Crippen molar-refractivity contribution < 1.29 is 4.79 Å². The third-order valence-corrected chi connectivity index (χ3v) is 3.86. The summed E-state index contributed by atoms with van der Waals surface area (Å²) in [5, 5.41) is 5.92. The van der Waals surface area contributed by atoms with E-state index in [1.165, 1.54) is 22.1 Å². The molecule has 0 atom stereocenters. The van der Waals surface area contributed by atoms with Gasteiger partial charge in [0, 0.05) is 19.7 Å². The Labute approximate surface area is 121 Å². The fourth-order valence-corrected chi connectivity index (χ4v) is 2.52. The van der Waals surface area contributed by atoms with Gasteiger partial charge in [-0.3, -0.25) is 9.59 Å². The molecule has 0 spiro atoms. The quantitative estimate of drug-likeness (QED) is 0.764. The first-order valence-corrected chi connectivity index (χ1v) is 7.34. The molecule has 2 aromatic heterocycles. The predicted octanol–water partition coefficient (Wildman–Crippen LogP) is 2.03. The predicted molar refractivity (Wildman–Crippen MR) is 80.7 cm³/mol. The number of hydrogen-bond donors (Lipinski definition) is 0. The minimum atomic E-state index is -0.254. The number of anilines is 1. The molecule has 0 radical (unpaired) electrons. The van der Waals surface area contributed by atoms with Crippen molar-refractivity contribution in [2.45, 2.75) is 19.9 Å². The Bertz CT molecular complexity index is 634. The highest BCUT2D eigenvalue weighted by Crippen LogP contribution is 2.10. The molecule has 0 N–H and O–H groups in total. The zero-order chi connectivity index (χ0) is 14.5. The normalized spacial score (nSPS) is 10.5. The van der Waals surface area contributed by atoms with E-state index in [1.807, 2.05) is 23.4 Å². The smallest absolute Gasteiger partial charge is 0.269 e. The summed E-state index contributed by atoms with van der Waals surface area (Å²) < 4.78 is 1.20. The van der Waals surface area contributed by atoms with Crippen LogP contribution in [0.2, 0.25) is 0 Å². The van der Waals surface area contributed by atoms with Crippen molar-refractivity contribution >= 4 is 22.8 Å². The Kier molecular flexibility index (Phi) is 4.68. The minimum absolute atomic E-state index is 0.0167. The van der Waals surface area contributed by atoms with Crippen LogP contribution in [0.15, 0.2) is 34.6 Å². The van der Waals surface area contributed by atoms with Crippen molar-refractivity contribution in [2.24, 2.45) is 0 Å². The molecule has 106 valence electrons. The molecule has 0 saturated heterocycles. The van der Waals surface area contributed by atoms with Crippen LogP contribution in [-0.4, -0.2) is 29.2 Å². The maximum Gasteiger partial charge on any atom is 0.269 e. The van der Waals surface area contributed by atoms with Crippen LogP contribution in [0.25, 0.3) is 0 Å². The average Bonchev–Trinajstić information content (AvgIpc) is 2.95. The Morgan fingerprint density at radius 3 is 2.90 bits per heavy atom. The van der Waals surface area contributed by atoms with Crippen LogP contribution in [-0.2, 0) is 6.54 Å². The largest absolute Gasteiger partial charge is 0.373 e. The van der Waals surface area contributed by atoms with Crippen LogP contribution in [0.3, 0.4) is 0 Å². The lowest BCUT2D eigenvalue weighted by atomic mass is 10.3. The van der Waals surface area contributed by atoms with Crippen molar-refractivity contribution in [3.05, 3.63) is 45.0 Å². The fourth-order valence-electron chi connectivity index (χ4n) is 1.87. The van der Waals surface area contributed by atoms with E-state index in [1.54, 1.807) is 12.3 Å². The lowest BCUT2D eigenvalue weighted by molar-refractivity contribution is 0.0969. The fraction of sp³-hybridized carbons (Fsp3) is 0.357. The summed E-state index contributed by atoms with van der Waals surface area (Å²) >= 11 is 1.37. The van der Waals surface area contributed by atoms with Gasteiger partial charge < -0.3 is 4.90 Å². The van der Waals surface area contributed by atoms with Crippen molar-refractivity contribution in [1.29, 1.82) is 0 Å². The number of Topliss-reactive ketones (excluding diaryl/α,β-unsaturated/α-hetero) is 1. The van der Waals surface area contributed by atoms with E-state index in [0.29, 0.717) is 4.88 Å². The van der Waals surface area contributed by atoms with Gasteiger partial charge in [-0.15, -0.1) is 11.3 Å². The van der Waals surface area contributed by atoms with Crippen molar-refractivity contribution in [3.8, 4) is 0 Å². The maximum atomic E-state index is 12.0. The monoisotopic (exact) mass is 291 g/mol. The second-order valence-electron chi connectivity index (χ2n) is 4.53. The van der Waals surface area contributed by atoms with Crippen molar-refractivity contribution in [2.75, 3.05) is 18.5 Å². The number of carbonyl (C=O) groups is 1. The number of carbonyl (C=O) groups excluding carboxylic acids is 1. The van der Waals surface area contributed by atoms with Gasteiger partial charge in [0.25, 0.3) is 5.56 Å². The topological polar surface area (TPSA) is 55.2 Å². The summed E-state index contributed by atoms with van der Waals surface area (Å²) in [5.41, 5.74) is 0.520. The summed E-state index contributed by atoms with van der Waals surface area (Å²) in [5.74, 6) is -0.0933. The molecule has 0 amide bonds. The first-order chi connectivity index (χ1) is 9.61. The van der Waals surface area contributed by atoms with Crippen molar-refractivity contribution in [1.82, 2.24) is 9.78 Å². The Hall–Kier alpha value is -1.95. The summed E-state index contributed by atoms with van der Waals surface area (Å²) in [4.78, 5) is 26.5. The van der Waals surface area contributed by atoms with E-state index >= 15 is 0 Å². The molecule has 0 aliphatic carbocycles. The number of nitrogens with zero attached hydrogens (tertiary/aromatic N) is 3. The van der Waals surface area contributed by atoms with Gasteiger partial charge in [-0.25, -0.2) is 4.68 Å². The van der Waals surface area contributed by atoms with Crippen LogP contribution in [0.5, 0.6) is 0 Å². The summed E-state index contributed by atoms with van der Waals surface area (Å²) in [7, 11) is 1.92. The van der Waals surface area contributed by atoms with E-state index in [2.05, 4.69) is 12.0 Å². The summed E-state index contributed by atoms with van der Waals surface area (Å²) in [6.45, 7) is 2.92. The number of rotatable bonds is 6. The number of ketones is 1. The van der Waals surface area contributed by atoms with Gasteiger partial charge in [0.1, 0.15) is 6.54 Å². The molecular formula is C14H17N3O2S. The first-order valence-electron chi connectivity index (χ1n) is 6.47. The van der Waals surface area contributed by atoms with Gasteiger partial charge >= 0.3 is 0 Å². The van der Waals surface area contributed by atoms with Gasteiger partial charge in [-0.05, 0) is 17.9 Å². The zero-order valence-corrected chi connectivity index (χ0v) is 12.4. The number of hydrogen-bond acceptors (Lipinski definition) is 5. The van der Waals surface area contributed by atoms with Gasteiger partial charge in [0.05, 0.1) is 16.8 Å². The van der Waals surface area contributed by atoms with E-state index < -0.39 is 0 Å². The molecule has 0 aliphatic heterocycles. The third kappa shape index (κ3) is 3.33. The Morgan fingerprint density at radius 2 is 2.30 bits per heavy atom. The van der Waals surface area contributed by atoms with Crippen LogP contribution in [0.1, 0.15) is 23.0 Å². The first kappa shape index (κ1) is 14.5. The molecular weight excluding hydrogens is 274 g/mol. The lowest BCUT2D eigenvalue weighted by Crippen LogP contribution is -2.28. The van der Waals surface area contributed by atoms with Gasteiger partial charge in [-0.1, -0.05) is 13.0 Å². The van der Waals surface area contributed by atoms with Crippen LogP contribution < -0.4 is 10.5 Å². The van der Waals surface area contributed by atoms with E-state index in [0.717, 1.165) is 18.7 Å². The van der Waals surface area contributed by atoms with E-state index in [9.17, 15) is 9.59 Å². The number of aromatic nitrogens is 2. The molecule has 2 heterocycles. The molecule has 0 bridgehead atoms. The summed E-state index contributed by atoms with van der Waals surface area (Å²) in [6.07, 6.45) is 2.62. The molecule has 0 aromatic carbocycles. The highest BCUT2D eigenvalue weighted by Gasteiger charge is 2.10. The summed E-state index contributed by atoms with van der Waals surface area (Å²) in [6, 6.07) is 5.09. The lowest BCUT2D eigenvalue weighted by Gasteiger charge is -2.17. The van der Waals surface area contributed by atoms with Gasteiger partial charge in [0.2, 0.25) is 0 Å². The Morgan fingerprint density at radius 1 is 1.50 bits per heavy atom. The SMILES string of the molecule is CCCN(C)c1cnn(CC(=O)c2cccs2)c(=O)c1. The highest BCUT2D eigenvalue weighted by atomic mass is 32.1. The third-order valence-electron chi connectivity index (χ3n) is 2.94. The average molecular weight is 291 g/mol. The Balaban J connectivity index is 2.14.